The highest BCUT2D eigenvalue weighted by Gasteiger charge is 2.10. The van der Waals surface area contributed by atoms with Crippen molar-refractivity contribution in [2.45, 2.75) is 6.92 Å². The molecule has 1 heterocycles. The number of aryl methyl sites for hydroxylation is 1. The van der Waals surface area contributed by atoms with Gasteiger partial charge in [0.15, 0.2) is 0 Å². The predicted molar refractivity (Wildman–Crippen MR) is 112 cm³/mol. The molecule has 0 atom stereocenters. The van der Waals surface area contributed by atoms with E-state index in [9.17, 15) is 9.18 Å². The zero-order valence-corrected chi connectivity index (χ0v) is 16.0. The Morgan fingerprint density at radius 3 is 2.54 bits per heavy atom. The average Bonchev–Trinajstić information content (AvgIpc) is 3.19. The molecule has 3 nitrogen and oxygen atoms in total. The minimum atomic E-state index is -0.434. The van der Waals surface area contributed by atoms with Crippen LogP contribution in [-0.2, 0) is 0 Å². The van der Waals surface area contributed by atoms with Crippen molar-refractivity contribution >= 4 is 22.9 Å². The van der Waals surface area contributed by atoms with Gasteiger partial charge in [-0.2, -0.15) is 0 Å². The van der Waals surface area contributed by atoms with Crippen molar-refractivity contribution in [3.8, 4) is 21.8 Å². The van der Waals surface area contributed by atoms with Crippen LogP contribution in [0.1, 0.15) is 15.9 Å². The Morgan fingerprint density at radius 2 is 1.79 bits per heavy atom. The van der Waals surface area contributed by atoms with Crippen LogP contribution in [0.2, 0.25) is 0 Å². The first-order chi connectivity index (χ1) is 13.6. The van der Waals surface area contributed by atoms with Gasteiger partial charge in [-0.1, -0.05) is 42.5 Å². The number of carbonyl (C=O) groups is 1. The Hall–Kier alpha value is -3.31. The summed E-state index contributed by atoms with van der Waals surface area (Å²) in [6.07, 6.45) is 0. The first-order valence-corrected chi connectivity index (χ1v) is 9.67. The van der Waals surface area contributed by atoms with Gasteiger partial charge in [0.2, 0.25) is 0 Å². The largest absolute Gasteiger partial charge is 0.322 e. The van der Waals surface area contributed by atoms with Crippen LogP contribution in [0.4, 0.5) is 10.1 Å². The molecule has 0 unspecified atom stereocenters. The molecular weight excluding hydrogens is 371 g/mol. The number of hydrogen-bond acceptors (Lipinski definition) is 3. The van der Waals surface area contributed by atoms with Gasteiger partial charge in [0.1, 0.15) is 10.8 Å². The summed E-state index contributed by atoms with van der Waals surface area (Å²) < 4.78 is 13.3. The quantitative estimate of drug-likeness (QED) is 0.454. The maximum atomic E-state index is 13.3. The van der Waals surface area contributed by atoms with Crippen molar-refractivity contribution in [2.75, 3.05) is 5.32 Å². The summed E-state index contributed by atoms with van der Waals surface area (Å²) in [4.78, 5) is 17.0. The minimum absolute atomic E-state index is 0.284. The smallest absolute Gasteiger partial charge is 0.255 e. The molecule has 1 N–H and O–H groups in total. The Bertz CT molecular complexity index is 1140. The summed E-state index contributed by atoms with van der Waals surface area (Å²) in [5, 5.41) is 5.79. The summed E-state index contributed by atoms with van der Waals surface area (Å²) in [5.74, 6) is -0.779. The molecule has 0 aliphatic carbocycles. The van der Waals surface area contributed by atoms with Crippen LogP contribution in [0.5, 0.6) is 0 Å². The molecule has 3 aromatic carbocycles. The molecule has 0 aliphatic heterocycles. The third-order valence-electron chi connectivity index (χ3n) is 4.40. The second kappa shape index (κ2) is 7.74. The third-order valence-corrected chi connectivity index (χ3v) is 5.28. The van der Waals surface area contributed by atoms with E-state index in [0.717, 1.165) is 21.8 Å². The highest BCUT2D eigenvalue weighted by atomic mass is 32.1. The number of thiazole rings is 1. The minimum Gasteiger partial charge on any atom is -0.322 e. The number of carbonyl (C=O) groups excluding carboxylic acids is 1. The summed E-state index contributed by atoms with van der Waals surface area (Å²) in [7, 11) is 0. The summed E-state index contributed by atoms with van der Waals surface area (Å²) >= 11 is 1.61. The number of halogens is 1. The highest BCUT2D eigenvalue weighted by Crippen LogP contribution is 2.31. The fourth-order valence-corrected chi connectivity index (χ4v) is 3.82. The SMILES string of the molecule is Cc1ccccc1-c1nc(-c2ccc(NC(=O)c3cccc(F)c3)cc2)cs1. The number of anilines is 1. The molecule has 28 heavy (non-hydrogen) atoms. The number of hydrogen-bond donors (Lipinski definition) is 1. The van der Waals surface area contributed by atoms with Crippen molar-refractivity contribution in [3.05, 3.63) is 95.1 Å². The second-order valence-electron chi connectivity index (χ2n) is 6.39. The van der Waals surface area contributed by atoms with Crippen LogP contribution in [0.25, 0.3) is 21.8 Å². The van der Waals surface area contributed by atoms with Crippen LogP contribution in [0.3, 0.4) is 0 Å². The van der Waals surface area contributed by atoms with E-state index in [-0.39, 0.29) is 11.5 Å². The molecule has 138 valence electrons. The fourth-order valence-electron chi connectivity index (χ4n) is 2.90. The second-order valence-corrected chi connectivity index (χ2v) is 7.25. The molecule has 1 aromatic heterocycles. The lowest BCUT2D eigenvalue weighted by molar-refractivity contribution is 0.102. The molecule has 0 radical (unpaired) electrons. The standard InChI is InChI=1S/C23H17FN2OS/c1-15-5-2-3-8-20(15)23-26-21(14-28-23)16-9-11-19(12-10-16)25-22(27)17-6-4-7-18(24)13-17/h2-14H,1H3,(H,25,27). The summed E-state index contributed by atoms with van der Waals surface area (Å²) in [5.41, 5.74) is 5.13. The lowest BCUT2D eigenvalue weighted by Gasteiger charge is -2.06. The number of nitrogens with zero attached hydrogens (tertiary/aromatic N) is 1. The van der Waals surface area contributed by atoms with E-state index in [1.165, 1.54) is 23.8 Å². The molecule has 0 spiro atoms. The van der Waals surface area contributed by atoms with Crippen molar-refractivity contribution in [3.63, 3.8) is 0 Å². The Balaban J connectivity index is 1.51. The van der Waals surface area contributed by atoms with Gasteiger partial charge in [-0.15, -0.1) is 11.3 Å². The van der Waals surface area contributed by atoms with E-state index in [1.54, 1.807) is 17.4 Å². The molecular formula is C23H17FN2OS. The molecule has 0 aliphatic rings. The summed E-state index contributed by atoms with van der Waals surface area (Å²) in [6.45, 7) is 2.08. The van der Waals surface area contributed by atoms with Gasteiger partial charge in [0.05, 0.1) is 5.69 Å². The molecule has 1 amide bonds. The van der Waals surface area contributed by atoms with Crippen molar-refractivity contribution in [2.24, 2.45) is 0 Å². The highest BCUT2D eigenvalue weighted by molar-refractivity contribution is 7.13. The van der Waals surface area contributed by atoms with Gasteiger partial charge in [-0.25, -0.2) is 9.37 Å². The van der Waals surface area contributed by atoms with Gasteiger partial charge in [0, 0.05) is 27.8 Å². The molecule has 5 heteroatoms. The van der Waals surface area contributed by atoms with Crippen molar-refractivity contribution in [1.82, 2.24) is 4.98 Å². The van der Waals surface area contributed by atoms with Crippen molar-refractivity contribution in [1.29, 1.82) is 0 Å². The molecule has 0 saturated carbocycles. The monoisotopic (exact) mass is 388 g/mol. The van der Waals surface area contributed by atoms with Gasteiger partial charge >= 0.3 is 0 Å². The Kier molecular flexibility index (Phi) is 5.00. The number of benzene rings is 3. The molecule has 0 bridgehead atoms. The Labute approximate surface area is 166 Å². The lowest BCUT2D eigenvalue weighted by Crippen LogP contribution is -2.11. The van der Waals surface area contributed by atoms with Crippen LogP contribution in [-0.4, -0.2) is 10.9 Å². The van der Waals surface area contributed by atoms with E-state index in [0.29, 0.717) is 5.69 Å². The van der Waals surface area contributed by atoms with E-state index >= 15 is 0 Å². The molecule has 0 fully saturated rings. The number of amides is 1. The van der Waals surface area contributed by atoms with Crippen LogP contribution >= 0.6 is 11.3 Å². The molecule has 4 aromatic rings. The predicted octanol–water partition coefficient (Wildman–Crippen LogP) is 6.18. The normalized spacial score (nSPS) is 10.6. The first-order valence-electron chi connectivity index (χ1n) is 8.79. The Morgan fingerprint density at radius 1 is 1.00 bits per heavy atom. The van der Waals surface area contributed by atoms with Crippen LogP contribution in [0, 0.1) is 12.7 Å². The average molecular weight is 388 g/mol. The van der Waals surface area contributed by atoms with Gasteiger partial charge in [-0.3, -0.25) is 4.79 Å². The molecule has 4 rings (SSSR count). The van der Waals surface area contributed by atoms with Crippen LogP contribution in [0.15, 0.2) is 78.2 Å². The molecule has 0 saturated heterocycles. The topological polar surface area (TPSA) is 42.0 Å². The maximum Gasteiger partial charge on any atom is 0.255 e. The number of aromatic nitrogens is 1. The summed E-state index contributed by atoms with van der Waals surface area (Å²) in [6, 6.07) is 21.3. The van der Waals surface area contributed by atoms with Crippen LogP contribution < -0.4 is 5.32 Å². The van der Waals surface area contributed by atoms with Crippen molar-refractivity contribution < 1.29 is 9.18 Å². The van der Waals surface area contributed by atoms with E-state index in [2.05, 4.69) is 24.4 Å². The first kappa shape index (κ1) is 18.1. The van der Waals surface area contributed by atoms with Gasteiger partial charge < -0.3 is 5.32 Å². The van der Waals surface area contributed by atoms with E-state index in [4.69, 9.17) is 4.98 Å². The third kappa shape index (κ3) is 3.85. The number of nitrogens with one attached hydrogen (secondary N) is 1. The van der Waals surface area contributed by atoms with Gasteiger partial charge in [-0.05, 0) is 42.8 Å². The lowest BCUT2D eigenvalue weighted by atomic mass is 10.1. The van der Waals surface area contributed by atoms with E-state index < -0.39 is 5.82 Å². The zero-order chi connectivity index (χ0) is 19.5. The zero-order valence-electron chi connectivity index (χ0n) is 15.1. The number of rotatable bonds is 4. The van der Waals surface area contributed by atoms with E-state index in [1.807, 2.05) is 41.8 Å². The van der Waals surface area contributed by atoms with Gasteiger partial charge in [0.25, 0.3) is 5.91 Å². The maximum absolute atomic E-state index is 13.3. The fraction of sp³-hybridized carbons (Fsp3) is 0.0435.